The summed E-state index contributed by atoms with van der Waals surface area (Å²) >= 11 is 4.86. The molecular formula is C34H38BrN3O8S. The Kier molecular flexibility index (Phi) is 11.1. The fourth-order valence-electron chi connectivity index (χ4n) is 5.62. The van der Waals surface area contributed by atoms with Gasteiger partial charge in [0.25, 0.3) is 11.5 Å². The van der Waals surface area contributed by atoms with Crippen LogP contribution in [0.4, 0.5) is 0 Å². The molecule has 3 aromatic rings. The molecule has 0 radical (unpaired) electrons. The minimum Gasteiger partial charge on any atom is -0.493 e. The summed E-state index contributed by atoms with van der Waals surface area (Å²) in [5, 5.41) is 0. The number of benzene rings is 2. The molecule has 1 atom stereocenters. The normalized spacial score (nSPS) is 16.1. The molecule has 1 fully saturated rings. The number of thiazole rings is 1. The first-order valence-electron chi connectivity index (χ1n) is 15.6. The zero-order chi connectivity index (χ0) is 33.7. The van der Waals surface area contributed by atoms with Crippen LogP contribution in [0.15, 0.2) is 55.9 Å². The molecule has 47 heavy (non-hydrogen) atoms. The lowest BCUT2D eigenvalue weighted by molar-refractivity contribution is -0.139. The molecule has 2 aliphatic heterocycles. The van der Waals surface area contributed by atoms with E-state index >= 15 is 0 Å². The molecule has 0 aliphatic carbocycles. The molecule has 0 bridgehead atoms. The minimum absolute atomic E-state index is 0.0564. The van der Waals surface area contributed by atoms with E-state index in [0.717, 1.165) is 25.9 Å². The van der Waals surface area contributed by atoms with Crippen molar-refractivity contribution in [1.82, 2.24) is 9.47 Å². The van der Waals surface area contributed by atoms with Crippen molar-refractivity contribution in [3.63, 3.8) is 0 Å². The molecule has 1 saturated heterocycles. The summed E-state index contributed by atoms with van der Waals surface area (Å²) in [4.78, 5) is 47.0. The van der Waals surface area contributed by atoms with Crippen molar-refractivity contribution in [3.8, 4) is 23.0 Å². The van der Waals surface area contributed by atoms with Crippen LogP contribution in [0.3, 0.4) is 0 Å². The van der Waals surface area contributed by atoms with E-state index in [1.54, 1.807) is 62.3 Å². The molecule has 11 nitrogen and oxygen atoms in total. The van der Waals surface area contributed by atoms with Crippen LogP contribution >= 0.6 is 27.3 Å². The second-order valence-electron chi connectivity index (χ2n) is 10.8. The van der Waals surface area contributed by atoms with E-state index in [1.165, 1.54) is 15.9 Å². The number of likely N-dealkylation sites (tertiary alicyclic amines) is 1. The second-order valence-corrected chi connectivity index (χ2v) is 12.6. The predicted molar refractivity (Wildman–Crippen MR) is 181 cm³/mol. The van der Waals surface area contributed by atoms with Gasteiger partial charge in [0, 0.05) is 17.6 Å². The van der Waals surface area contributed by atoms with Gasteiger partial charge in [-0.25, -0.2) is 9.79 Å². The lowest BCUT2D eigenvalue weighted by atomic mass is 9.95. The molecule has 3 heterocycles. The van der Waals surface area contributed by atoms with Crippen molar-refractivity contribution in [2.24, 2.45) is 4.99 Å². The van der Waals surface area contributed by atoms with E-state index < -0.39 is 12.0 Å². The first-order valence-corrected chi connectivity index (χ1v) is 17.2. The number of hydrogen-bond acceptors (Lipinski definition) is 10. The van der Waals surface area contributed by atoms with Crippen molar-refractivity contribution >= 4 is 45.2 Å². The van der Waals surface area contributed by atoms with Crippen LogP contribution in [0.5, 0.6) is 23.0 Å². The number of fused-ring (bicyclic) bond motifs is 1. The van der Waals surface area contributed by atoms with Gasteiger partial charge in [-0.2, -0.15) is 0 Å². The van der Waals surface area contributed by atoms with Gasteiger partial charge in [0.2, 0.25) is 0 Å². The number of halogens is 1. The van der Waals surface area contributed by atoms with Gasteiger partial charge in [-0.15, -0.1) is 0 Å². The molecule has 1 amide bonds. The van der Waals surface area contributed by atoms with E-state index in [-0.39, 0.29) is 30.3 Å². The maximum Gasteiger partial charge on any atom is 0.338 e. The number of ether oxygens (including phenoxy) is 5. The third-order valence-electron chi connectivity index (χ3n) is 7.77. The number of nitrogens with zero attached hydrogens (tertiary/aromatic N) is 3. The van der Waals surface area contributed by atoms with Crippen LogP contribution in [-0.4, -0.2) is 68.0 Å². The number of methoxy groups -OCH3 is 1. The highest BCUT2D eigenvalue weighted by atomic mass is 79.9. The number of rotatable bonds is 12. The number of allylic oxidation sites excluding steroid dienone is 1. The van der Waals surface area contributed by atoms with Gasteiger partial charge in [-0.3, -0.25) is 14.2 Å². The highest BCUT2D eigenvalue weighted by Crippen LogP contribution is 2.41. The van der Waals surface area contributed by atoms with E-state index in [1.807, 2.05) is 13.8 Å². The number of hydrogen-bond donors (Lipinski definition) is 0. The summed E-state index contributed by atoms with van der Waals surface area (Å²) in [6.45, 7) is 9.56. The van der Waals surface area contributed by atoms with Crippen molar-refractivity contribution in [2.45, 2.75) is 46.6 Å². The molecular weight excluding hydrogens is 690 g/mol. The number of amides is 1. The smallest absolute Gasteiger partial charge is 0.338 e. The first-order chi connectivity index (χ1) is 22.7. The van der Waals surface area contributed by atoms with Crippen LogP contribution in [0.1, 0.15) is 57.7 Å². The van der Waals surface area contributed by atoms with Gasteiger partial charge < -0.3 is 28.6 Å². The minimum atomic E-state index is -0.852. The van der Waals surface area contributed by atoms with Gasteiger partial charge in [0.1, 0.15) is 0 Å². The summed E-state index contributed by atoms with van der Waals surface area (Å²) in [6, 6.07) is 7.99. The fraction of sp³-hybridized carbons (Fsp3) is 0.412. The average Bonchev–Trinajstić information content (AvgIpc) is 3.69. The Morgan fingerprint density at radius 3 is 2.34 bits per heavy atom. The monoisotopic (exact) mass is 727 g/mol. The number of aromatic nitrogens is 1. The molecule has 2 aliphatic rings. The Balaban J connectivity index is 1.58. The zero-order valence-electron chi connectivity index (χ0n) is 27.1. The lowest BCUT2D eigenvalue weighted by Crippen LogP contribution is -2.40. The molecule has 5 rings (SSSR count). The van der Waals surface area contributed by atoms with E-state index in [2.05, 4.69) is 20.9 Å². The highest BCUT2D eigenvalue weighted by Gasteiger charge is 2.35. The number of carbonyl (C=O) groups excluding carboxylic acids is 2. The van der Waals surface area contributed by atoms with Crippen LogP contribution < -0.4 is 33.8 Å². The summed E-state index contributed by atoms with van der Waals surface area (Å²) in [6.07, 6.45) is 3.76. The maximum absolute atomic E-state index is 14.2. The Labute approximate surface area is 285 Å². The van der Waals surface area contributed by atoms with E-state index in [9.17, 15) is 14.4 Å². The van der Waals surface area contributed by atoms with Crippen molar-refractivity contribution < 1.29 is 33.3 Å². The molecule has 0 N–H and O–H groups in total. The summed E-state index contributed by atoms with van der Waals surface area (Å²) in [7, 11) is 1.55. The Bertz CT molecular complexity index is 1880. The highest BCUT2D eigenvalue weighted by molar-refractivity contribution is 9.10. The third kappa shape index (κ3) is 7.25. The fourth-order valence-corrected chi connectivity index (χ4v) is 7.21. The molecule has 1 aromatic heterocycles. The molecule has 0 unspecified atom stereocenters. The predicted octanol–water partition coefficient (Wildman–Crippen LogP) is 4.37. The Morgan fingerprint density at radius 2 is 1.68 bits per heavy atom. The van der Waals surface area contributed by atoms with E-state index in [0.29, 0.717) is 66.8 Å². The van der Waals surface area contributed by atoms with Gasteiger partial charge in [-0.1, -0.05) is 33.3 Å². The van der Waals surface area contributed by atoms with E-state index in [4.69, 9.17) is 23.7 Å². The van der Waals surface area contributed by atoms with Crippen LogP contribution in [0.25, 0.3) is 6.08 Å². The summed E-state index contributed by atoms with van der Waals surface area (Å²) < 4.78 is 31.1. The van der Waals surface area contributed by atoms with Crippen LogP contribution in [0, 0.1) is 0 Å². The average molecular weight is 729 g/mol. The SMILES string of the molecule is CCOC(=O)C1=C(C)N=c2s/c(=C/c3ccc(OCC(=O)N4CCCC4)c(OCC)c3)c(=O)n2[C@@H]1c1cc(OCC)c(OC)cc1Br. The maximum atomic E-state index is 14.2. The standard InChI is InChI=1S/C34H38BrN3O8S/c1-6-43-26-15-21(11-12-24(26)46-19-29(39)37-13-9-10-14-37)16-28-32(40)38-31(22-17-27(44-7-2)25(42-5)18-23(22)35)30(33(41)45-8-3)20(4)36-34(38)47-28/h11-12,15-18,31H,6-10,13-14,19H2,1-5H3/b28-16+/t31-/m1/s1. The molecule has 0 spiro atoms. The van der Waals surface area contributed by atoms with Crippen LogP contribution in [-0.2, 0) is 14.3 Å². The van der Waals surface area contributed by atoms with Crippen LogP contribution in [0.2, 0.25) is 0 Å². The quantitative estimate of drug-likeness (QED) is 0.253. The number of carbonyl (C=O) groups is 2. The number of esters is 1. The molecule has 0 saturated carbocycles. The van der Waals surface area contributed by atoms with Crippen molar-refractivity contribution in [3.05, 3.63) is 76.9 Å². The topological polar surface area (TPSA) is 118 Å². The van der Waals surface area contributed by atoms with Gasteiger partial charge in [-0.05, 0) is 82.0 Å². The second kappa shape index (κ2) is 15.2. The molecule has 13 heteroatoms. The Hall–Kier alpha value is -4.10. The first kappa shape index (κ1) is 34.2. The van der Waals surface area contributed by atoms with Crippen molar-refractivity contribution in [1.29, 1.82) is 0 Å². The summed E-state index contributed by atoms with van der Waals surface area (Å²) in [5.41, 5.74) is 1.68. The van der Waals surface area contributed by atoms with Gasteiger partial charge >= 0.3 is 5.97 Å². The summed E-state index contributed by atoms with van der Waals surface area (Å²) in [5.74, 6) is 1.27. The van der Waals surface area contributed by atoms with Gasteiger partial charge in [0.05, 0.1) is 48.8 Å². The zero-order valence-corrected chi connectivity index (χ0v) is 29.5. The molecule has 2 aromatic carbocycles. The third-order valence-corrected chi connectivity index (χ3v) is 9.44. The van der Waals surface area contributed by atoms with Gasteiger partial charge in [0.15, 0.2) is 34.4 Å². The largest absolute Gasteiger partial charge is 0.493 e. The molecule has 250 valence electrons. The Morgan fingerprint density at radius 1 is 0.979 bits per heavy atom. The lowest BCUT2D eigenvalue weighted by Gasteiger charge is -2.26. The van der Waals surface area contributed by atoms with Crippen molar-refractivity contribution in [2.75, 3.05) is 46.6 Å².